The van der Waals surface area contributed by atoms with Gasteiger partial charge in [0.15, 0.2) is 0 Å². The van der Waals surface area contributed by atoms with Crippen LogP contribution >= 0.6 is 0 Å². The number of hydrogen-bond donors (Lipinski definition) is 2. The summed E-state index contributed by atoms with van der Waals surface area (Å²) in [6, 6.07) is 16.8. The van der Waals surface area contributed by atoms with E-state index in [0.717, 1.165) is 29.9 Å². The number of pyridine rings is 1. The van der Waals surface area contributed by atoms with Gasteiger partial charge >= 0.3 is 0 Å². The summed E-state index contributed by atoms with van der Waals surface area (Å²) < 4.78 is 5.31. The Hall–Kier alpha value is -3.87. The molecule has 0 atom stereocenters. The van der Waals surface area contributed by atoms with Gasteiger partial charge in [-0.15, -0.1) is 0 Å². The molecule has 0 radical (unpaired) electrons. The monoisotopic (exact) mass is 458 g/mol. The summed E-state index contributed by atoms with van der Waals surface area (Å²) in [5, 5.41) is 5.95. The number of rotatable bonds is 6. The minimum absolute atomic E-state index is 0.0464. The second-order valence-electron chi connectivity index (χ2n) is 8.61. The summed E-state index contributed by atoms with van der Waals surface area (Å²) in [5.74, 6) is 1.12. The van der Waals surface area contributed by atoms with Crippen LogP contribution in [0.1, 0.15) is 34.3 Å². The van der Waals surface area contributed by atoms with Crippen molar-refractivity contribution < 1.29 is 14.3 Å². The maximum atomic E-state index is 12.8. The minimum atomic E-state index is -0.226. The van der Waals surface area contributed by atoms with Gasteiger partial charge < -0.3 is 20.3 Å². The lowest BCUT2D eigenvalue weighted by Crippen LogP contribution is -2.38. The number of aryl methyl sites for hydroxylation is 2. The van der Waals surface area contributed by atoms with Crippen LogP contribution in [0.25, 0.3) is 0 Å². The molecule has 0 unspecified atom stereocenters. The van der Waals surface area contributed by atoms with E-state index >= 15 is 0 Å². The van der Waals surface area contributed by atoms with Gasteiger partial charge in [0.05, 0.1) is 12.8 Å². The highest BCUT2D eigenvalue weighted by atomic mass is 16.5. The first-order valence-corrected chi connectivity index (χ1v) is 11.5. The lowest BCUT2D eigenvalue weighted by molar-refractivity contribution is -0.120. The van der Waals surface area contributed by atoms with Crippen LogP contribution in [0.4, 0.5) is 17.2 Å². The Morgan fingerprint density at radius 3 is 2.47 bits per heavy atom. The van der Waals surface area contributed by atoms with E-state index in [0.29, 0.717) is 30.1 Å². The number of benzene rings is 2. The van der Waals surface area contributed by atoms with Crippen molar-refractivity contribution in [1.82, 2.24) is 4.98 Å². The molecule has 2 N–H and O–H groups in total. The fourth-order valence-electron chi connectivity index (χ4n) is 4.11. The van der Waals surface area contributed by atoms with E-state index in [1.54, 1.807) is 37.6 Å². The number of anilines is 3. The molecular weight excluding hydrogens is 428 g/mol. The highest BCUT2D eigenvalue weighted by Crippen LogP contribution is 2.26. The summed E-state index contributed by atoms with van der Waals surface area (Å²) in [7, 11) is 1.57. The highest BCUT2D eigenvalue weighted by Gasteiger charge is 2.26. The van der Waals surface area contributed by atoms with Gasteiger partial charge in [-0.25, -0.2) is 4.98 Å². The molecular formula is C27H30N4O3. The molecule has 34 heavy (non-hydrogen) atoms. The Morgan fingerprint density at radius 2 is 1.74 bits per heavy atom. The molecule has 1 aliphatic heterocycles. The van der Waals surface area contributed by atoms with Crippen molar-refractivity contribution in [2.45, 2.75) is 26.7 Å². The number of ether oxygens (including phenoxy) is 1. The van der Waals surface area contributed by atoms with Crippen LogP contribution < -0.4 is 20.3 Å². The molecule has 4 rings (SSSR count). The third-order valence-corrected chi connectivity index (χ3v) is 6.33. The van der Waals surface area contributed by atoms with Crippen molar-refractivity contribution in [3.63, 3.8) is 0 Å². The van der Waals surface area contributed by atoms with Gasteiger partial charge in [0, 0.05) is 36.5 Å². The van der Waals surface area contributed by atoms with Gasteiger partial charge in [0.2, 0.25) is 5.91 Å². The summed E-state index contributed by atoms with van der Waals surface area (Å²) in [5.41, 5.74) is 4.34. The van der Waals surface area contributed by atoms with E-state index < -0.39 is 0 Å². The third-order valence-electron chi connectivity index (χ3n) is 6.33. The molecule has 1 aromatic heterocycles. The van der Waals surface area contributed by atoms with Crippen LogP contribution in [-0.2, 0) is 4.79 Å². The molecule has 7 heteroatoms. The number of para-hydroxylation sites is 2. The SMILES string of the molecule is COc1ccccc1NC(=O)c1ccnc(N2CCC(C(=O)Nc3ccc(C)c(C)c3)CC2)c1. The molecule has 1 aliphatic rings. The van der Waals surface area contributed by atoms with Gasteiger partial charge in [0.1, 0.15) is 11.6 Å². The molecule has 2 amide bonds. The molecule has 176 valence electrons. The molecule has 1 saturated heterocycles. The van der Waals surface area contributed by atoms with Crippen molar-refractivity contribution in [3.8, 4) is 5.75 Å². The Labute approximate surface area is 200 Å². The van der Waals surface area contributed by atoms with E-state index in [-0.39, 0.29) is 17.7 Å². The molecule has 0 bridgehead atoms. The summed E-state index contributed by atoms with van der Waals surface area (Å²) in [6.07, 6.45) is 3.11. The van der Waals surface area contributed by atoms with Crippen LogP contribution in [0.3, 0.4) is 0 Å². The molecule has 2 aromatic carbocycles. The van der Waals surface area contributed by atoms with Crippen LogP contribution in [0.2, 0.25) is 0 Å². The molecule has 3 aromatic rings. The first-order chi connectivity index (χ1) is 16.4. The number of aromatic nitrogens is 1. The number of methoxy groups -OCH3 is 1. The minimum Gasteiger partial charge on any atom is -0.495 e. The smallest absolute Gasteiger partial charge is 0.255 e. The Bertz CT molecular complexity index is 1190. The van der Waals surface area contributed by atoms with E-state index in [4.69, 9.17) is 4.74 Å². The Balaban J connectivity index is 1.36. The number of amides is 2. The molecule has 0 aliphatic carbocycles. The summed E-state index contributed by atoms with van der Waals surface area (Å²) in [4.78, 5) is 32.2. The number of nitrogens with one attached hydrogen (secondary N) is 2. The van der Waals surface area contributed by atoms with E-state index in [1.165, 1.54) is 5.56 Å². The maximum Gasteiger partial charge on any atom is 0.255 e. The van der Waals surface area contributed by atoms with Gasteiger partial charge in [-0.05, 0) is 74.2 Å². The Kier molecular flexibility index (Phi) is 7.11. The van der Waals surface area contributed by atoms with Crippen LogP contribution in [0, 0.1) is 19.8 Å². The average molecular weight is 459 g/mol. The normalized spacial score (nSPS) is 13.9. The average Bonchev–Trinajstić information content (AvgIpc) is 2.86. The largest absolute Gasteiger partial charge is 0.495 e. The van der Waals surface area contributed by atoms with Crippen molar-refractivity contribution in [3.05, 3.63) is 77.5 Å². The molecule has 0 spiro atoms. The van der Waals surface area contributed by atoms with Gasteiger partial charge in [-0.1, -0.05) is 18.2 Å². The fraction of sp³-hybridized carbons (Fsp3) is 0.296. The van der Waals surface area contributed by atoms with Gasteiger partial charge in [0.25, 0.3) is 5.91 Å². The highest BCUT2D eigenvalue weighted by molar-refractivity contribution is 6.05. The molecule has 2 heterocycles. The van der Waals surface area contributed by atoms with Gasteiger partial charge in [-0.2, -0.15) is 0 Å². The number of piperidine rings is 1. The van der Waals surface area contributed by atoms with E-state index in [9.17, 15) is 9.59 Å². The first kappa shape index (κ1) is 23.3. The second-order valence-corrected chi connectivity index (χ2v) is 8.61. The maximum absolute atomic E-state index is 12.8. The first-order valence-electron chi connectivity index (χ1n) is 11.5. The van der Waals surface area contributed by atoms with Crippen molar-refractivity contribution in [2.24, 2.45) is 5.92 Å². The van der Waals surface area contributed by atoms with Crippen LogP contribution in [0.15, 0.2) is 60.8 Å². The lowest BCUT2D eigenvalue weighted by Gasteiger charge is -2.32. The zero-order valence-corrected chi connectivity index (χ0v) is 19.8. The molecule has 7 nitrogen and oxygen atoms in total. The standard InChI is InChI=1S/C27H30N4O3/c1-18-8-9-22(16-19(18)2)29-26(32)20-11-14-31(15-12-20)25-17-21(10-13-28-25)27(33)30-23-6-4-5-7-24(23)34-3/h4-10,13,16-17,20H,11-12,14-15H2,1-3H3,(H,29,32)(H,30,33). The Morgan fingerprint density at radius 1 is 0.971 bits per heavy atom. The quantitative estimate of drug-likeness (QED) is 0.554. The zero-order valence-electron chi connectivity index (χ0n) is 19.8. The van der Waals surface area contributed by atoms with Gasteiger partial charge in [-0.3, -0.25) is 9.59 Å². The number of hydrogen-bond acceptors (Lipinski definition) is 5. The van der Waals surface area contributed by atoms with Crippen LogP contribution in [-0.4, -0.2) is 37.0 Å². The van der Waals surface area contributed by atoms with Crippen molar-refractivity contribution in [2.75, 3.05) is 35.7 Å². The predicted octanol–water partition coefficient (Wildman–Crippen LogP) is 4.81. The second kappa shape index (κ2) is 10.4. The van der Waals surface area contributed by atoms with E-state index in [1.807, 2.05) is 37.3 Å². The molecule has 0 saturated carbocycles. The predicted molar refractivity (Wildman–Crippen MR) is 135 cm³/mol. The van der Waals surface area contributed by atoms with E-state index in [2.05, 4.69) is 27.4 Å². The molecule has 1 fully saturated rings. The zero-order chi connectivity index (χ0) is 24.1. The fourth-order valence-corrected chi connectivity index (χ4v) is 4.11. The van der Waals surface area contributed by atoms with Crippen molar-refractivity contribution in [1.29, 1.82) is 0 Å². The summed E-state index contributed by atoms with van der Waals surface area (Å²) in [6.45, 7) is 5.51. The summed E-state index contributed by atoms with van der Waals surface area (Å²) >= 11 is 0. The van der Waals surface area contributed by atoms with Crippen LogP contribution in [0.5, 0.6) is 5.75 Å². The number of carbonyl (C=O) groups is 2. The number of carbonyl (C=O) groups excluding carboxylic acids is 2. The number of nitrogens with zero attached hydrogens (tertiary/aromatic N) is 2. The van der Waals surface area contributed by atoms with Crippen molar-refractivity contribution >= 4 is 29.0 Å². The topological polar surface area (TPSA) is 83.6 Å². The third kappa shape index (κ3) is 5.36. The lowest BCUT2D eigenvalue weighted by atomic mass is 9.95.